The van der Waals surface area contributed by atoms with Crippen molar-refractivity contribution in [3.63, 3.8) is 0 Å². The molecule has 0 aliphatic heterocycles. The van der Waals surface area contributed by atoms with E-state index in [9.17, 15) is 17.3 Å². The minimum atomic E-state index is -5.11. The second-order valence-electron chi connectivity index (χ2n) is 4.37. The summed E-state index contributed by atoms with van der Waals surface area (Å²) in [6.45, 7) is -4.81. The van der Waals surface area contributed by atoms with Gasteiger partial charge in [0, 0.05) is 0 Å². The van der Waals surface area contributed by atoms with Gasteiger partial charge in [0.25, 0.3) is 0 Å². The van der Waals surface area contributed by atoms with Crippen molar-refractivity contribution in [3.8, 4) is 5.75 Å². The van der Waals surface area contributed by atoms with Crippen LogP contribution in [0.2, 0.25) is 0 Å². The predicted molar refractivity (Wildman–Crippen MR) is 57.9 cm³/mol. The molecular formula is C11H12BF4KO. The number of halogens is 4. The quantitative estimate of drug-likeness (QED) is 0.562. The van der Waals surface area contributed by atoms with E-state index in [1.807, 2.05) is 0 Å². The molecule has 0 bridgehead atoms. The number of ether oxygens (including phenoxy) is 1. The van der Waals surface area contributed by atoms with E-state index in [2.05, 4.69) is 0 Å². The minimum Gasteiger partial charge on any atom is -0.490 e. The van der Waals surface area contributed by atoms with Gasteiger partial charge in [-0.1, -0.05) is 12.5 Å². The Morgan fingerprint density at radius 1 is 1.22 bits per heavy atom. The molecule has 0 saturated heterocycles. The zero-order valence-electron chi connectivity index (χ0n) is 10.1. The van der Waals surface area contributed by atoms with Gasteiger partial charge < -0.3 is 17.7 Å². The average Bonchev–Trinajstić information content (AvgIpc) is 2.16. The molecule has 18 heavy (non-hydrogen) atoms. The molecule has 1 nitrogen and oxygen atoms in total. The molecular weight excluding hydrogens is 274 g/mol. The van der Waals surface area contributed by atoms with Crippen LogP contribution in [-0.2, 0) is 0 Å². The molecule has 2 rings (SSSR count). The molecule has 0 amide bonds. The molecule has 0 atom stereocenters. The summed E-state index contributed by atoms with van der Waals surface area (Å²) in [5.74, 6) is -0.684. The van der Waals surface area contributed by atoms with Crippen molar-refractivity contribution in [2.75, 3.05) is 6.61 Å². The van der Waals surface area contributed by atoms with E-state index in [-0.39, 0.29) is 57.1 Å². The molecule has 1 aromatic rings. The maximum Gasteiger partial charge on any atom is 1.00 e. The van der Waals surface area contributed by atoms with Crippen LogP contribution in [0.3, 0.4) is 0 Å². The van der Waals surface area contributed by atoms with Gasteiger partial charge in [-0.25, -0.2) is 4.39 Å². The van der Waals surface area contributed by atoms with Gasteiger partial charge in [-0.2, -0.15) is 0 Å². The smallest absolute Gasteiger partial charge is 0.490 e. The first-order chi connectivity index (χ1) is 7.97. The summed E-state index contributed by atoms with van der Waals surface area (Å²) in [5.41, 5.74) is -0.824. The molecule has 1 fully saturated rings. The Kier molecular flexibility index (Phi) is 6.18. The van der Waals surface area contributed by atoms with Crippen LogP contribution in [0.1, 0.15) is 19.3 Å². The molecule has 0 aromatic heterocycles. The van der Waals surface area contributed by atoms with Gasteiger partial charge in [0.15, 0.2) is 11.6 Å². The Hall–Kier alpha value is 0.441. The van der Waals surface area contributed by atoms with Crippen molar-refractivity contribution in [1.82, 2.24) is 0 Å². The SMILES string of the molecule is Fc1ccc([B-](F)(F)F)cc1OCC1CCC1.[K+]. The van der Waals surface area contributed by atoms with Crippen LogP contribution in [0, 0.1) is 11.7 Å². The summed E-state index contributed by atoms with van der Waals surface area (Å²) >= 11 is 0. The average molecular weight is 286 g/mol. The van der Waals surface area contributed by atoms with Gasteiger partial charge in [0.2, 0.25) is 0 Å². The molecule has 1 aromatic carbocycles. The van der Waals surface area contributed by atoms with Crippen molar-refractivity contribution in [2.24, 2.45) is 5.92 Å². The van der Waals surface area contributed by atoms with Gasteiger partial charge in [-0.3, -0.25) is 0 Å². The molecule has 0 spiro atoms. The molecule has 0 radical (unpaired) electrons. The van der Waals surface area contributed by atoms with Crippen molar-refractivity contribution in [1.29, 1.82) is 0 Å². The summed E-state index contributed by atoms with van der Waals surface area (Å²) in [6, 6.07) is 2.29. The molecule has 7 heteroatoms. The summed E-state index contributed by atoms with van der Waals surface area (Å²) in [7, 11) is 0. The fraction of sp³-hybridized carbons (Fsp3) is 0.455. The van der Waals surface area contributed by atoms with E-state index >= 15 is 0 Å². The van der Waals surface area contributed by atoms with Crippen molar-refractivity contribution in [2.45, 2.75) is 19.3 Å². The molecule has 0 N–H and O–H groups in total. The monoisotopic (exact) mass is 286 g/mol. The Bertz CT molecular complexity index is 407. The Morgan fingerprint density at radius 3 is 2.39 bits per heavy atom. The Balaban J connectivity index is 0.00000162. The molecule has 1 saturated carbocycles. The third kappa shape index (κ3) is 4.23. The standard InChI is InChI=1S/C11H12BF4O.K/c13-10-5-4-9(12(14,15)16)6-11(10)17-7-8-2-1-3-8;/h4-6,8H,1-3,7H2;/q-1;+1. The predicted octanol–water partition coefficient (Wildman–Crippen LogP) is 0.0630. The maximum absolute atomic E-state index is 13.2. The van der Waals surface area contributed by atoms with Gasteiger partial charge in [0.05, 0.1) is 6.61 Å². The van der Waals surface area contributed by atoms with Gasteiger partial charge in [0.1, 0.15) is 0 Å². The first kappa shape index (κ1) is 16.5. The van der Waals surface area contributed by atoms with Gasteiger partial charge in [-0.15, -0.1) is 5.46 Å². The maximum atomic E-state index is 13.2. The van der Waals surface area contributed by atoms with E-state index in [0.29, 0.717) is 12.5 Å². The first-order valence-electron chi connectivity index (χ1n) is 5.59. The molecule has 0 heterocycles. The number of hydrogen-bond donors (Lipinski definition) is 0. The van der Waals surface area contributed by atoms with Crippen LogP contribution in [0.15, 0.2) is 18.2 Å². The zero-order chi connectivity index (χ0) is 12.5. The fourth-order valence-corrected chi connectivity index (χ4v) is 1.70. The first-order valence-corrected chi connectivity index (χ1v) is 5.59. The Morgan fingerprint density at radius 2 is 1.89 bits per heavy atom. The van der Waals surface area contributed by atoms with E-state index in [0.717, 1.165) is 37.5 Å². The second-order valence-corrected chi connectivity index (χ2v) is 4.37. The molecule has 1 aliphatic carbocycles. The van der Waals surface area contributed by atoms with Crippen LogP contribution in [0.4, 0.5) is 17.3 Å². The normalized spacial score (nSPS) is 15.8. The van der Waals surface area contributed by atoms with Crippen LogP contribution >= 0.6 is 0 Å². The minimum absolute atomic E-state index is 0. The third-order valence-electron chi connectivity index (χ3n) is 3.03. The molecule has 0 unspecified atom stereocenters. The van der Waals surface area contributed by atoms with Crippen molar-refractivity contribution < 1.29 is 73.5 Å². The second kappa shape index (κ2) is 6.74. The number of benzene rings is 1. The van der Waals surface area contributed by atoms with Gasteiger partial charge in [-0.05, 0) is 30.9 Å². The number of rotatable bonds is 4. The van der Waals surface area contributed by atoms with Crippen molar-refractivity contribution in [3.05, 3.63) is 24.0 Å². The van der Waals surface area contributed by atoms with E-state index in [1.54, 1.807) is 0 Å². The third-order valence-corrected chi connectivity index (χ3v) is 3.03. The Labute approximate surface area is 146 Å². The van der Waals surface area contributed by atoms with Crippen molar-refractivity contribution >= 4 is 12.4 Å². The fourth-order valence-electron chi connectivity index (χ4n) is 1.70. The van der Waals surface area contributed by atoms with Crippen LogP contribution in [-0.4, -0.2) is 13.6 Å². The van der Waals surface area contributed by atoms with Crippen LogP contribution in [0.5, 0.6) is 5.75 Å². The van der Waals surface area contributed by atoms with E-state index in [4.69, 9.17) is 4.74 Å². The summed E-state index contributed by atoms with van der Waals surface area (Å²) < 4.78 is 55.7. The summed E-state index contributed by atoms with van der Waals surface area (Å²) in [6.07, 6.45) is 3.12. The topological polar surface area (TPSA) is 9.23 Å². The van der Waals surface area contributed by atoms with E-state index < -0.39 is 18.3 Å². The van der Waals surface area contributed by atoms with Crippen LogP contribution < -0.4 is 61.6 Å². The van der Waals surface area contributed by atoms with E-state index in [1.165, 1.54) is 0 Å². The van der Waals surface area contributed by atoms with Gasteiger partial charge >= 0.3 is 58.4 Å². The molecule has 94 valence electrons. The molecule has 1 aliphatic rings. The largest absolute Gasteiger partial charge is 1.00 e. The van der Waals surface area contributed by atoms with Crippen LogP contribution in [0.25, 0.3) is 0 Å². The number of hydrogen-bond acceptors (Lipinski definition) is 1. The summed E-state index contributed by atoms with van der Waals surface area (Å²) in [4.78, 5) is 0. The zero-order valence-corrected chi connectivity index (χ0v) is 13.3. The summed E-state index contributed by atoms with van der Waals surface area (Å²) in [5, 5.41) is 0.